The average Bonchev–Trinajstić information content (AvgIpc) is 2.56. The van der Waals surface area contributed by atoms with E-state index in [1.165, 1.54) is 12.8 Å². The summed E-state index contributed by atoms with van der Waals surface area (Å²) in [4.78, 5) is 12.1. The van der Waals surface area contributed by atoms with Crippen LogP contribution in [0.25, 0.3) is 0 Å². The fourth-order valence-electron chi connectivity index (χ4n) is 2.22. The molecule has 0 N–H and O–H groups in total. The van der Waals surface area contributed by atoms with Gasteiger partial charge in [0.05, 0.1) is 6.61 Å². The first-order valence-electron chi connectivity index (χ1n) is 9.25. The van der Waals surface area contributed by atoms with E-state index in [9.17, 15) is 4.79 Å². The van der Waals surface area contributed by atoms with Crippen LogP contribution in [0.2, 0.25) is 0 Å². The van der Waals surface area contributed by atoms with Crippen molar-refractivity contribution in [3.63, 3.8) is 0 Å². The summed E-state index contributed by atoms with van der Waals surface area (Å²) in [5.74, 6) is -0.182. The Labute approximate surface area is 151 Å². The van der Waals surface area contributed by atoms with Crippen LogP contribution >= 0.6 is 15.9 Å². The normalized spacial score (nSPS) is 12.7. The lowest BCUT2D eigenvalue weighted by Crippen LogP contribution is -2.27. The van der Waals surface area contributed by atoms with Crippen molar-refractivity contribution in [1.82, 2.24) is 0 Å². The number of hydrogen-bond acceptors (Lipinski definition) is 3. The van der Waals surface area contributed by atoms with Crippen LogP contribution in [0, 0.1) is 0 Å². The molecule has 0 aliphatic rings. The second kappa shape index (κ2) is 18.0. The van der Waals surface area contributed by atoms with Crippen LogP contribution in [0.15, 0.2) is 12.2 Å². The zero-order valence-corrected chi connectivity index (χ0v) is 16.6. The fraction of sp³-hybridized carbons (Fsp3) is 0.842. The van der Waals surface area contributed by atoms with Crippen LogP contribution < -0.4 is 0 Å². The number of rotatable bonds is 16. The zero-order valence-electron chi connectivity index (χ0n) is 15.0. The highest BCUT2D eigenvalue weighted by Gasteiger charge is 2.19. The molecular weight excluding hydrogens is 356 g/mol. The number of esters is 1. The van der Waals surface area contributed by atoms with Crippen molar-refractivity contribution in [2.24, 2.45) is 0 Å². The third kappa shape index (κ3) is 14.9. The van der Waals surface area contributed by atoms with Crippen molar-refractivity contribution in [1.29, 1.82) is 0 Å². The van der Waals surface area contributed by atoms with Gasteiger partial charge in [-0.05, 0) is 44.9 Å². The van der Waals surface area contributed by atoms with Crippen LogP contribution in [-0.4, -0.2) is 30.6 Å². The van der Waals surface area contributed by atoms with Gasteiger partial charge in [-0.3, -0.25) is 0 Å². The molecule has 0 aliphatic heterocycles. The Kier molecular flexibility index (Phi) is 17.7. The van der Waals surface area contributed by atoms with Crippen LogP contribution in [-0.2, 0) is 14.3 Å². The molecule has 0 spiro atoms. The molecule has 0 aromatic carbocycles. The lowest BCUT2D eigenvalue weighted by Gasteiger charge is -2.16. The Hall–Kier alpha value is -0.350. The van der Waals surface area contributed by atoms with Gasteiger partial charge < -0.3 is 9.47 Å². The monoisotopic (exact) mass is 390 g/mol. The molecule has 4 heteroatoms. The molecule has 0 aliphatic carbocycles. The van der Waals surface area contributed by atoms with E-state index in [1.54, 1.807) is 0 Å². The van der Waals surface area contributed by atoms with Crippen molar-refractivity contribution in [2.75, 3.05) is 18.5 Å². The fourth-order valence-corrected chi connectivity index (χ4v) is 2.62. The first kappa shape index (κ1) is 22.6. The molecule has 23 heavy (non-hydrogen) atoms. The first-order valence-corrected chi connectivity index (χ1v) is 10.4. The predicted octanol–water partition coefficient (Wildman–Crippen LogP) is 5.81. The zero-order chi connectivity index (χ0) is 17.2. The van der Waals surface area contributed by atoms with E-state index in [1.807, 2.05) is 0 Å². The van der Waals surface area contributed by atoms with Crippen LogP contribution in [0.5, 0.6) is 0 Å². The van der Waals surface area contributed by atoms with Crippen molar-refractivity contribution in [3.8, 4) is 0 Å². The van der Waals surface area contributed by atoms with Crippen molar-refractivity contribution in [3.05, 3.63) is 12.2 Å². The number of carbonyl (C=O) groups is 1. The van der Waals surface area contributed by atoms with Gasteiger partial charge in [0.2, 0.25) is 0 Å². The summed E-state index contributed by atoms with van der Waals surface area (Å²) in [5.41, 5.74) is 0. The van der Waals surface area contributed by atoms with E-state index in [0.717, 1.165) is 56.7 Å². The highest BCUT2D eigenvalue weighted by molar-refractivity contribution is 9.09. The summed E-state index contributed by atoms with van der Waals surface area (Å²) in [6, 6.07) is 0. The first-order chi connectivity index (χ1) is 11.3. The van der Waals surface area contributed by atoms with Gasteiger partial charge in [-0.1, -0.05) is 61.2 Å². The van der Waals surface area contributed by atoms with E-state index < -0.39 is 0 Å². The Morgan fingerprint density at radius 2 is 1.74 bits per heavy atom. The number of hydrogen-bond donors (Lipinski definition) is 0. The maximum absolute atomic E-state index is 12.1. The number of unbranched alkanes of at least 4 members (excludes halogenated alkanes) is 5. The molecule has 0 bridgehead atoms. The summed E-state index contributed by atoms with van der Waals surface area (Å²) < 4.78 is 11.1. The van der Waals surface area contributed by atoms with E-state index in [-0.39, 0.29) is 12.1 Å². The average molecular weight is 391 g/mol. The second-order valence-electron chi connectivity index (χ2n) is 5.79. The van der Waals surface area contributed by atoms with Crippen molar-refractivity contribution >= 4 is 21.9 Å². The molecule has 0 heterocycles. The molecule has 0 fully saturated rings. The molecule has 0 amide bonds. The molecule has 1 atom stereocenters. The number of halogens is 1. The minimum Gasteiger partial charge on any atom is -0.464 e. The highest BCUT2D eigenvalue weighted by Crippen LogP contribution is 2.09. The SMILES string of the molecule is CC/C=C\CCCCOC(CCC)C(=O)OCCCCCCBr. The number of allylic oxidation sites excluding steroid dienone is 2. The predicted molar refractivity (Wildman–Crippen MR) is 101 cm³/mol. The van der Waals surface area contributed by atoms with Gasteiger partial charge in [-0.2, -0.15) is 0 Å². The summed E-state index contributed by atoms with van der Waals surface area (Å²) in [6.07, 6.45) is 14.4. The molecule has 1 unspecified atom stereocenters. The van der Waals surface area contributed by atoms with Gasteiger partial charge in [-0.25, -0.2) is 4.79 Å². The molecule has 3 nitrogen and oxygen atoms in total. The summed E-state index contributed by atoms with van der Waals surface area (Å²) in [5, 5.41) is 1.05. The Balaban J connectivity index is 3.76. The third-order valence-corrected chi connectivity index (χ3v) is 4.13. The molecule has 0 radical (unpaired) electrons. The summed E-state index contributed by atoms with van der Waals surface area (Å²) in [7, 11) is 0. The van der Waals surface area contributed by atoms with Crippen molar-refractivity contribution < 1.29 is 14.3 Å². The van der Waals surface area contributed by atoms with Gasteiger partial charge in [0, 0.05) is 11.9 Å². The number of ether oxygens (including phenoxy) is 2. The van der Waals surface area contributed by atoms with E-state index >= 15 is 0 Å². The molecule has 136 valence electrons. The molecule has 0 rings (SSSR count). The van der Waals surface area contributed by atoms with E-state index in [0.29, 0.717) is 13.2 Å². The second-order valence-corrected chi connectivity index (χ2v) is 6.59. The van der Waals surface area contributed by atoms with Crippen molar-refractivity contribution in [2.45, 2.75) is 84.2 Å². The summed E-state index contributed by atoms with van der Waals surface area (Å²) >= 11 is 3.42. The quantitative estimate of drug-likeness (QED) is 0.144. The standard InChI is InChI=1S/C19H35BrO3/c1-3-5-6-7-9-12-16-22-18(14-4-2)19(21)23-17-13-10-8-11-15-20/h5-6,18H,3-4,7-17H2,1-2H3/b6-5-. The minimum absolute atomic E-state index is 0.182. The van der Waals surface area contributed by atoms with Gasteiger partial charge in [0.25, 0.3) is 0 Å². The summed E-state index contributed by atoms with van der Waals surface area (Å²) in [6.45, 7) is 5.37. The third-order valence-electron chi connectivity index (χ3n) is 3.57. The number of carbonyl (C=O) groups excluding carboxylic acids is 1. The van der Waals surface area contributed by atoms with Gasteiger partial charge in [0.15, 0.2) is 6.10 Å². The molecule has 0 saturated heterocycles. The smallest absolute Gasteiger partial charge is 0.335 e. The lowest BCUT2D eigenvalue weighted by atomic mass is 10.2. The van der Waals surface area contributed by atoms with Gasteiger partial charge >= 0.3 is 5.97 Å². The lowest BCUT2D eigenvalue weighted by molar-refractivity contribution is -0.158. The largest absolute Gasteiger partial charge is 0.464 e. The maximum atomic E-state index is 12.1. The van der Waals surface area contributed by atoms with Crippen LogP contribution in [0.3, 0.4) is 0 Å². The topological polar surface area (TPSA) is 35.5 Å². The molecular formula is C19H35BrO3. The molecule has 0 aromatic rings. The number of alkyl halides is 1. The maximum Gasteiger partial charge on any atom is 0.335 e. The Morgan fingerprint density at radius 3 is 2.43 bits per heavy atom. The Morgan fingerprint density at radius 1 is 1.00 bits per heavy atom. The molecule has 0 saturated carbocycles. The van der Waals surface area contributed by atoms with Gasteiger partial charge in [-0.15, -0.1) is 0 Å². The van der Waals surface area contributed by atoms with Crippen LogP contribution in [0.1, 0.15) is 78.1 Å². The highest BCUT2D eigenvalue weighted by atomic mass is 79.9. The van der Waals surface area contributed by atoms with E-state index in [2.05, 4.69) is 41.9 Å². The van der Waals surface area contributed by atoms with Gasteiger partial charge in [0.1, 0.15) is 0 Å². The Bertz CT molecular complexity index is 292. The minimum atomic E-state index is -0.381. The van der Waals surface area contributed by atoms with E-state index in [4.69, 9.17) is 9.47 Å². The van der Waals surface area contributed by atoms with Crippen LogP contribution in [0.4, 0.5) is 0 Å². The molecule has 0 aromatic heterocycles.